The van der Waals surface area contributed by atoms with E-state index in [0.29, 0.717) is 28.0 Å². The lowest BCUT2D eigenvalue weighted by atomic mass is 9.99. The zero-order valence-corrected chi connectivity index (χ0v) is 16.4. The van der Waals surface area contributed by atoms with Crippen molar-refractivity contribution in [1.29, 1.82) is 0 Å². The van der Waals surface area contributed by atoms with E-state index in [1.165, 1.54) is 6.20 Å². The van der Waals surface area contributed by atoms with Gasteiger partial charge in [-0.2, -0.15) is 9.78 Å². The molecular formula is C21H16ClFN6. The summed E-state index contributed by atoms with van der Waals surface area (Å²) in [6, 6.07) is 5.37. The first-order valence-corrected chi connectivity index (χ1v) is 9.22. The van der Waals surface area contributed by atoms with Crippen LogP contribution in [-0.2, 0) is 0 Å². The highest BCUT2D eigenvalue weighted by molar-refractivity contribution is 6.36. The van der Waals surface area contributed by atoms with Gasteiger partial charge in [0.1, 0.15) is 11.6 Å². The van der Waals surface area contributed by atoms with Crippen LogP contribution in [0.3, 0.4) is 0 Å². The zero-order chi connectivity index (χ0) is 20.5. The van der Waals surface area contributed by atoms with Crippen molar-refractivity contribution in [2.45, 2.75) is 20.0 Å². The van der Waals surface area contributed by atoms with Crippen molar-refractivity contribution in [3.63, 3.8) is 0 Å². The molecule has 0 aliphatic rings. The minimum atomic E-state index is -0.493. The van der Waals surface area contributed by atoms with Crippen LogP contribution in [0.15, 0.2) is 49.2 Å². The third-order valence-corrected chi connectivity index (χ3v) is 5.04. The SMILES string of the molecule is [C-]#[N+]C(C)n1cc(Nc2cc3cc(-c4cnccc4C)c(F)c(Cl)c3cn2)cn1. The van der Waals surface area contributed by atoms with Crippen molar-refractivity contribution >= 4 is 33.9 Å². The van der Waals surface area contributed by atoms with Gasteiger partial charge < -0.3 is 5.32 Å². The van der Waals surface area contributed by atoms with E-state index < -0.39 is 5.82 Å². The van der Waals surface area contributed by atoms with Crippen LogP contribution in [0.4, 0.5) is 15.9 Å². The molecule has 1 N–H and O–H groups in total. The number of nitrogens with zero attached hydrogens (tertiary/aromatic N) is 5. The molecule has 0 aliphatic heterocycles. The summed E-state index contributed by atoms with van der Waals surface area (Å²) in [6.07, 6.45) is 7.80. The van der Waals surface area contributed by atoms with E-state index in [-0.39, 0.29) is 11.2 Å². The number of fused-ring (bicyclic) bond motifs is 1. The normalized spacial score (nSPS) is 12.0. The van der Waals surface area contributed by atoms with Crippen LogP contribution in [-0.4, -0.2) is 19.7 Å². The number of halogens is 2. The second-order valence-corrected chi connectivity index (χ2v) is 7.01. The first kappa shape index (κ1) is 18.8. The second-order valence-electron chi connectivity index (χ2n) is 6.63. The van der Waals surface area contributed by atoms with E-state index in [1.807, 2.05) is 13.0 Å². The van der Waals surface area contributed by atoms with Gasteiger partial charge >= 0.3 is 6.17 Å². The Morgan fingerprint density at radius 2 is 2.07 bits per heavy atom. The number of aromatic nitrogens is 4. The lowest BCUT2D eigenvalue weighted by Gasteiger charge is -2.11. The molecular weight excluding hydrogens is 391 g/mol. The highest BCUT2D eigenvalue weighted by Gasteiger charge is 2.16. The maximum atomic E-state index is 14.9. The van der Waals surface area contributed by atoms with Crippen LogP contribution in [0.25, 0.3) is 26.7 Å². The van der Waals surface area contributed by atoms with Gasteiger partial charge in [0.2, 0.25) is 0 Å². The van der Waals surface area contributed by atoms with E-state index in [0.717, 1.165) is 10.9 Å². The Labute approximate surface area is 171 Å². The molecule has 1 atom stereocenters. The fourth-order valence-corrected chi connectivity index (χ4v) is 3.31. The minimum Gasteiger partial charge on any atom is -0.338 e. The van der Waals surface area contributed by atoms with Crippen molar-refractivity contribution in [2.24, 2.45) is 0 Å². The van der Waals surface area contributed by atoms with Crippen molar-refractivity contribution in [3.8, 4) is 11.1 Å². The summed E-state index contributed by atoms with van der Waals surface area (Å²) in [5, 5.41) is 8.62. The third-order valence-electron chi connectivity index (χ3n) is 4.67. The third kappa shape index (κ3) is 3.50. The summed E-state index contributed by atoms with van der Waals surface area (Å²) in [7, 11) is 0. The predicted octanol–water partition coefficient (Wildman–Crippen LogP) is 5.78. The number of rotatable bonds is 4. The van der Waals surface area contributed by atoms with Crippen molar-refractivity contribution in [2.75, 3.05) is 5.32 Å². The molecule has 3 heterocycles. The minimum absolute atomic E-state index is 0.0264. The molecule has 0 aliphatic carbocycles. The van der Waals surface area contributed by atoms with Crippen LogP contribution in [0.1, 0.15) is 18.7 Å². The van der Waals surface area contributed by atoms with Gasteiger partial charge in [-0.25, -0.2) is 15.9 Å². The highest BCUT2D eigenvalue weighted by atomic mass is 35.5. The number of benzene rings is 1. The second kappa shape index (κ2) is 7.49. The first-order valence-electron chi connectivity index (χ1n) is 8.84. The molecule has 0 fully saturated rings. The topological polar surface area (TPSA) is 60.0 Å². The van der Waals surface area contributed by atoms with E-state index in [1.54, 1.807) is 48.5 Å². The van der Waals surface area contributed by atoms with Crippen LogP contribution in [0.5, 0.6) is 0 Å². The summed E-state index contributed by atoms with van der Waals surface area (Å²) >= 11 is 6.30. The van der Waals surface area contributed by atoms with Gasteiger partial charge in [0.05, 0.1) is 23.1 Å². The van der Waals surface area contributed by atoms with E-state index in [2.05, 4.69) is 25.2 Å². The lowest BCUT2D eigenvalue weighted by Crippen LogP contribution is -2.00. The largest absolute Gasteiger partial charge is 0.338 e. The number of anilines is 2. The molecule has 4 aromatic rings. The quantitative estimate of drug-likeness (QED) is 0.437. The van der Waals surface area contributed by atoms with Crippen LogP contribution < -0.4 is 5.32 Å². The van der Waals surface area contributed by atoms with Gasteiger partial charge in [0.15, 0.2) is 0 Å². The maximum absolute atomic E-state index is 14.9. The predicted molar refractivity (Wildman–Crippen MR) is 112 cm³/mol. The summed E-state index contributed by atoms with van der Waals surface area (Å²) in [5.41, 5.74) is 2.69. The molecule has 8 heteroatoms. The van der Waals surface area contributed by atoms with Crippen LogP contribution >= 0.6 is 11.6 Å². The first-order chi connectivity index (χ1) is 14.0. The molecule has 4 rings (SSSR count). The van der Waals surface area contributed by atoms with Gasteiger partial charge in [0.25, 0.3) is 0 Å². The van der Waals surface area contributed by atoms with Crippen molar-refractivity contribution in [3.05, 3.63) is 77.0 Å². The molecule has 0 saturated carbocycles. The van der Waals surface area contributed by atoms with Gasteiger partial charge in [-0.3, -0.25) is 9.83 Å². The Kier molecular flexibility index (Phi) is 4.87. The van der Waals surface area contributed by atoms with Gasteiger partial charge in [-0.05, 0) is 36.1 Å². The van der Waals surface area contributed by atoms with Gasteiger partial charge in [-0.15, -0.1) is 0 Å². The fraction of sp³-hybridized carbons (Fsp3) is 0.143. The molecule has 29 heavy (non-hydrogen) atoms. The Hall–Kier alpha value is -3.50. The average Bonchev–Trinajstić information content (AvgIpc) is 3.19. The molecule has 1 unspecified atom stereocenters. The zero-order valence-electron chi connectivity index (χ0n) is 15.7. The van der Waals surface area contributed by atoms with Crippen LogP contribution in [0.2, 0.25) is 5.02 Å². The van der Waals surface area contributed by atoms with Crippen molar-refractivity contribution in [1.82, 2.24) is 19.7 Å². The molecule has 0 spiro atoms. The number of hydrogen-bond donors (Lipinski definition) is 1. The summed E-state index contributed by atoms with van der Waals surface area (Å²) in [6.45, 7) is 10.8. The maximum Gasteiger partial charge on any atom is 0.313 e. The molecule has 6 nitrogen and oxygen atoms in total. The Bertz CT molecular complexity index is 1260. The summed E-state index contributed by atoms with van der Waals surface area (Å²) in [4.78, 5) is 11.9. The highest BCUT2D eigenvalue weighted by Crippen LogP contribution is 2.36. The molecule has 0 saturated heterocycles. The molecule has 1 aromatic carbocycles. The lowest BCUT2D eigenvalue weighted by molar-refractivity contribution is 0.577. The summed E-state index contributed by atoms with van der Waals surface area (Å²) < 4.78 is 16.5. The summed E-state index contributed by atoms with van der Waals surface area (Å²) in [5.74, 6) is 0.0660. The number of nitrogens with one attached hydrogen (secondary N) is 1. The van der Waals surface area contributed by atoms with Gasteiger partial charge in [-0.1, -0.05) is 11.6 Å². The standard InChI is InChI=1S/C21H16ClFN6/c1-12-4-5-25-9-17(12)16-6-14-7-19(26-10-18(14)20(22)21(16)23)28-15-8-27-29(11-15)13(2)24-3/h4-11,13H,1-2H3,(H,26,28). The fourth-order valence-electron chi connectivity index (χ4n) is 3.05. The van der Waals surface area contributed by atoms with Crippen molar-refractivity contribution < 1.29 is 4.39 Å². The van der Waals surface area contributed by atoms with E-state index >= 15 is 0 Å². The number of pyridine rings is 2. The molecule has 0 radical (unpaired) electrons. The monoisotopic (exact) mass is 406 g/mol. The Morgan fingerprint density at radius 3 is 2.83 bits per heavy atom. The molecule has 144 valence electrons. The van der Waals surface area contributed by atoms with E-state index in [9.17, 15) is 4.39 Å². The average molecular weight is 407 g/mol. The molecule has 0 bridgehead atoms. The number of aryl methyl sites for hydroxylation is 1. The molecule has 0 amide bonds. The van der Waals surface area contributed by atoms with E-state index in [4.69, 9.17) is 18.2 Å². The smallest absolute Gasteiger partial charge is 0.313 e. The van der Waals surface area contributed by atoms with Gasteiger partial charge in [0, 0.05) is 42.0 Å². The van der Waals surface area contributed by atoms with Crippen LogP contribution in [0, 0.1) is 19.3 Å². The number of hydrogen-bond acceptors (Lipinski definition) is 4. The Morgan fingerprint density at radius 1 is 1.24 bits per heavy atom. The molecule has 3 aromatic heterocycles. The Balaban J connectivity index is 1.75.